The van der Waals surface area contributed by atoms with Gasteiger partial charge in [0.1, 0.15) is 11.8 Å². The lowest BCUT2D eigenvalue weighted by Gasteiger charge is -2.08. The van der Waals surface area contributed by atoms with Gasteiger partial charge in [0.05, 0.1) is 0 Å². The van der Waals surface area contributed by atoms with Crippen molar-refractivity contribution >= 4 is 5.78 Å². The number of Topliss-reactive ketones (excluding diaryl/α,β-unsaturated/α-hetero) is 1. The van der Waals surface area contributed by atoms with Crippen molar-refractivity contribution in [3.05, 3.63) is 29.8 Å². The Morgan fingerprint density at radius 3 is 2.20 bits per heavy atom. The lowest BCUT2D eigenvalue weighted by atomic mass is 10.1. The summed E-state index contributed by atoms with van der Waals surface area (Å²) in [5.74, 6) is -1.24. The second-order valence-corrected chi connectivity index (χ2v) is 2.51. The highest BCUT2D eigenvalue weighted by atomic mass is 19.4. The number of hydrogen-bond donors (Lipinski definition) is 0. The van der Waals surface area contributed by atoms with Crippen LogP contribution in [-0.4, -0.2) is 12.1 Å². The van der Waals surface area contributed by atoms with Crippen LogP contribution in [-0.2, 0) is 0 Å². The Kier molecular flexibility index (Phi) is 2.95. The van der Waals surface area contributed by atoms with E-state index in [4.69, 9.17) is 5.26 Å². The van der Waals surface area contributed by atoms with Gasteiger partial charge in [-0.3, -0.25) is 4.79 Å². The van der Waals surface area contributed by atoms with E-state index >= 15 is 0 Å². The summed E-state index contributed by atoms with van der Waals surface area (Å²) in [7, 11) is 0. The molecule has 1 rings (SSSR count). The van der Waals surface area contributed by atoms with Crippen LogP contribution in [0.5, 0.6) is 5.75 Å². The molecule has 0 bridgehead atoms. The van der Waals surface area contributed by atoms with Crippen LogP contribution >= 0.6 is 0 Å². The van der Waals surface area contributed by atoms with E-state index in [0.717, 1.165) is 24.3 Å². The molecule has 1 aromatic carbocycles. The number of hydrogen-bond acceptors (Lipinski definition) is 3. The summed E-state index contributed by atoms with van der Waals surface area (Å²) in [4.78, 5) is 10.8. The average molecular weight is 215 g/mol. The predicted octanol–water partition coefficient (Wildman–Crippen LogP) is 2.29. The first-order valence-electron chi connectivity index (χ1n) is 3.72. The van der Waals surface area contributed by atoms with E-state index in [9.17, 15) is 18.0 Å². The molecule has 0 saturated heterocycles. The molecule has 0 aliphatic carbocycles. The Bertz CT molecular complexity index is 403. The van der Waals surface area contributed by atoms with Crippen LogP contribution in [0, 0.1) is 11.3 Å². The molecule has 0 N–H and O–H groups in total. The molecule has 0 amide bonds. The van der Waals surface area contributed by atoms with Gasteiger partial charge >= 0.3 is 6.36 Å². The normalized spacial score (nSPS) is 10.5. The molecule has 0 fully saturated rings. The lowest BCUT2D eigenvalue weighted by Crippen LogP contribution is -2.17. The molecular formula is C9H4F3NO2. The number of carbonyl (C=O) groups excluding carboxylic acids is 1. The Morgan fingerprint density at radius 2 is 1.80 bits per heavy atom. The van der Waals surface area contributed by atoms with Crippen LogP contribution in [0.1, 0.15) is 10.4 Å². The second-order valence-electron chi connectivity index (χ2n) is 2.51. The van der Waals surface area contributed by atoms with E-state index in [-0.39, 0.29) is 5.56 Å². The number of ether oxygens (including phenoxy) is 1. The fraction of sp³-hybridized carbons (Fsp3) is 0.111. The molecule has 0 aromatic heterocycles. The summed E-state index contributed by atoms with van der Waals surface area (Å²) in [6.07, 6.45) is -4.76. The van der Waals surface area contributed by atoms with Gasteiger partial charge in [-0.1, -0.05) is 0 Å². The first kappa shape index (κ1) is 11.0. The summed E-state index contributed by atoms with van der Waals surface area (Å²) in [5, 5.41) is 8.23. The molecular weight excluding hydrogens is 211 g/mol. The van der Waals surface area contributed by atoms with Gasteiger partial charge in [-0.2, -0.15) is 5.26 Å². The van der Waals surface area contributed by atoms with E-state index in [0.29, 0.717) is 0 Å². The maximum absolute atomic E-state index is 11.7. The van der Waals surface area contributed by atoms with Crippen molar-refractivity contribution in [1.82, 2.24) is 0 Å². The molecule has 1 aromatic rings. The summed E-state index contributed by atoms with van der Waals surface area (Å²) < 4.78 is 38.8. The van der Waals surface area contributed by atoms with Gasteiger partial charge in [0.2, 0.25) is 0 Å². The third-order valence-electron chi connectivity index (χ3n) is 1.45. The number of benzene rings is 1. The number of carbonyl (C=O) groups is 1. The van der Waals surface area contributed by atoms with Crippen molar-refractivity contribution in [2.75, 3.05) is 0 Å². The van der Waals surface area contributed by atoms with Gasteiger partial charge in [-0.25, -0.2) is 0 Å². The van der Waals surface area contributed by atoms with Crippen molar-refractivity contribution in [3.63, 3.8) is 0 Å². The third kappa shape index (κ3) is 3.31. The third-order valence-corrected chi connectivity index (χ3v) is 1.45. The van der Waals surface area contributed by atoms with Crippen molar-refractivity contribution in [1.29, 1.82) is 5.26 Å². The maximum Gasteiger partial charge on any atom is 0.573 e. The van der Waals surface area contributed by atoms with E-state index in [1.807, 2.05) is 0 Å². The molecule has 0 spiro atoms. The Morgan fingerprint density at radius 1 is 1.27 bits per heavy atom. The SMILES string of the molecule is N#CC(=O)c1ccc(OC(F)(F)F)cc1. The van der Waals surface area contributed by atoms with Gasteiger partial charge in [0.25, 0.3) is 5.78 Å². The first-order chi connectivity index (χ1) is 6.92. The molecule has 0 unspecified atom stereocenters. The van der Waals surface area contributed by atoms with Crippen LogP contribution in [0.15, 0.2) is 24.3 Å². The van der Waals surface area contributed by atoms with E-state index in [2.05, 4.69) is 4.74 Å². The monoisotopic (exact) mass is 215 g/mol. The fourth-order valence-electron chi connectivity index (χ4n) is 0.873. The number of halogens is 3. The largest absolute Gasteiger partial charge is 0.573 e. The predicted molar refractivity (Wildman–Crippen MR) is 43.1 cm³/mol. The number of nitrogens with zero attached hydrogens (tertiary/aromatic N) is 1. The van der Waals surface area contributed by atoms with Gasteiger partial charge in [-0.15, -0.1) is 13.2 Å². The van der Waals surface area contributed by atoms with Crippen LogP contribution < -0.4 is 4.74 Å². The molecule has 0 heterocycles. The maximum atomic E-state index is 11.7. The number of nitriles is 1. The molecule has 3 nitrogen and oxygen atoms in total. The highest BCUT2D eigenvalue weighted by Crippen LogP contribution is 2.22. The minimum Gasteiger partial charge on any atom is -0.406 e. The molecule has 0 saturated carbocycles. The van der Waals surface area contributed by atoms with Gasteiger partial charge in [0.15, 0.2) is 0 Å². The number of alkyl halides is 3. The van der Waals surface area contributed by atoms with Crippen molar-refractivity contribution in [3.8, 4) is 11.8 Å². The highest BCUT2D eigenvalue weighted by molar-refractivity contribution is 6.07. The zero-order valence-corrected chi connectivity index (χ0v) is 7.21. The second kappa shape index (κ2) is 4.00. The summed E-state index contributed by atoms with van der Waals surface area (Å²) >= 11 is 0. The van der Waals surface area contributed by atoms with Crippen LogP contribution in [0.4, 0.5) is 13.2 Å². The van der Waals surface area contributed by atoms with Crippen LogP contribution in [0.2, 0.25) is 0 Å². The molecule has 0 atom stereocenters. The topological polar surface area (TPSA) is 50.1 Å². The number of rotatable bonds is 2. The molecule has 0 aliphatic heterocycles. The van der Waals surface area contributed by atoms with Crippen LogP contribution in [0.25, 0.3) is 0 Å². The minimum atomic E-state index is -4.76. The Balaban J connectivity index is 2.83. The Hall–Kier alpha value is -2.03. The minimum absolute atomic E-state index is 0.0204. The zero-order chi connectivity index (χ0) is 11.5. The van der Waals surface area contributed by atoms with E-state index in [1.54, 1.807) is 0 Å². The van der Waals surface area contributed by atoms with Crippen LogP contribution in [0.3, 0.4) is 0 Å². The average Bonchev–Trinajstić information content (AvgIpc) is 2.15. The molecule has 0 radical (unpaired) electrons. The number of ketones is 1. The summed E-state index contributed by atoms with van der Waals surface area (Å²) in [6.45, 7) is 0. The van der Waals surface area contributed by atoms with E-state index in [1.165, 1.54) is 6.07 Å². The molecule has 15 heavy (non-hydrogen) atoms. The van der Waals surface area contributed by atoms with Gasteiger partial charge in [0, 0.05) is 5.56 Å². The zero-order valence-electron chi connectivity index (χ0n) is 7.21. The smallest absolute Gasteiger partial charge is 0.406 e. The molecule has 6 heteroatoms. The summed E-state index contributed by atoms with van der Waals surface area (Å²) in [6, 6.07) is 5.47. The summed E-state index contributed by atoms with van der Waals surface area (Å²) in [5.41, 5.74) is 0.0204. The molecule has 78 valence electrons. The Labute approximate surface area is 82.7 Å². The fourth-order valence-corrected chi connectivity index (χ4v) is 0.873. The van der Waals surface area contributed by atoms with E-state index < -0.39 is 17.9 Å². The lowest BCUT2D eigenvalue weighted by molar-refractivity contribution is -0.274. The van der Waals surface area contributed by atoms with Crippen molar-refractivity contribution in [2.24, 2.45) is 0 Å². The van der Waals surface area contributed by atoms with Crippen molar-refractivity contribution in [2.45, 2.75) is 6.36 Å². The van der Waals surface area contributed by atoms with Gasteiger partial charge in [-0.05, 0) is 24.3 Å². The highest BCUT2D eigenvalue weighted by Gasteiger charge is 2.30. The first-order valence-corrected chi connectivity index (χ1v) is 3.72. The quantitative estimate of drug-likeness (QED) is 0.561. The van der Waals surface area contributed by atoms with Crippen molar-refractivity contribution < 1.29 is 22.7 Å². The standard InChI is InChI=1S/C9H4F3NO2/c10-9(11,12)15-7-3-1-6(2-4-7)8(14)5-13/h1-4H. The molecule has 0 aliphatic rings. The van der Waals surface area contributed by atoms with Gasteiger partial charge < -0.3 is 4.74 Å².